The number of piperazine rings is 1. The van der Waals surface area contributed by atoms with Crippen LogP contribution in [-0.2, 0) is 6.42 Å². The van der Waals surface area contributed by atoms with Crippen LogP contribution in [0.25, 0.3) is 0 Å². The third-order valence-electron chi connectivity index (χ3n) is 3.63. The number of hydrogen-bond donors (Lipinski definition) is 3. The SMILES string of the molecule is CCCc1[nH]nc(C(=O)NCCN2CCNCC2)c1[N+](=O)[O-].Cl. The summed E-state index contributed by atoms with van der Waals surface area (Å²) in [5.74, 6) is -0.500. The fraction of sp³-hybridized carbons (Fsp3) is 0.692. The van der Waals surface area contributed by atoms with Crippen molar-refractivity contribution in [3.63, 3.8) is 0 Å². The third kappa shape index (κ3) is 5.15. The third-order valence-corrected chi connectivity index (χ3v) is 3.63. The maximum atomic E-state index is 12.1. The fourth-order valence-corrected chi connectivity index (χ4v) is 2.50. The van der Waals surface area contributed by atoms with Crippen molar-refractivity contribution in [2.45, 2.75) is 19.8 Å². The average molecular weight is 347 g/mol. The molecule has 9 nitrogen and oxygen atoms in total. The predicted molar refractivity (Wildman–Crippen MR) is 88.1 cm³/mol. The molecule has 1 aromatic heterocycles. The summed E-state index contributed by atoms with van der Waals surface area (Å²) in [6.45, 7) is 6.87. The van der Waals surface area contributed by atoms with Crippen LogP contribution < -0.4 is 10.6 Å². The van der Waals surface area contributed by atoms with Gasteiger partial charge in [0.25, 0.3) is 5.91 Å². The van der Waals surface area contributed by atoms with E-state index in [1.165, 1.54) is 0 Å². The van der Waals surface area contributed by atoms with Crippen LogP contribution in [0.4, 0.5) is 5.69 Å². The van der Waals surface area contributed by atoms with Gasteiger partial charge in [0.1, 0.15) is 5.69 Å². The quantitative estimate of drug-likeness (QED) is 0.484. The second kappa shape index (κ2) is 9.43. The number of carbonyl (C=O) groups is 1. The summed E-state index contributed by atoms with van der Waals surface area (Å²) in [5.41, 5.74) is 0.0649. The van der Waals surface area contributed by atoms with Gasteiger partial charge in [0.2, 0.25) is 5.69 Å². The van der Waals surface area contributed by atoms with Gasteiger partial charge in [0, 0.05) is 39.3 Å². The molecule has 1 amide bonds. The summed E-state index contributed by atoms with van der Waals surface area (Å²) in [4.78, 5) is 24.9. The van der Waals surface area contributed by atoms with Crippen LogP contribution in [0.5, 0.6) is 0 Å². The van der Waals surface area contributed by atoms with E-state index >= 15 is 0 Å². The van der Waals surface area contributed by atoms with Crippen LogP contribution in [0.2, 0.25) is 0 Å². The molecule has 0 aromatic carbocycles. The molecule has 1 fully saturated rings. The molecule has 0 saturated carbocycles. The van der Waals surface area contributed by atoms with E-state index in [0.29, 0.717) is 18.7 Å². The fourth-order valence-electron chi connectivity index (χ4n) is 2.50. The number of nitro groups is 1. The van der Waals surface area contributed by atoms with Crippen molar-refractivity contribution in [3.8, 4) is 0 Å². The lowest BCUT2D eigenvalue weighted by atomic mass is 10.2. The molecule has 0 atom stereocenters. The van der Waals surface area contributed by atoms with Crippen LogP contribution in [0.15, 0.2) is 0 Å². The summed E-state index contributed by atoms with van der Waals surface area (Å²) < 4.78 is 0. The smallest absolute Gasteiger partial charge is 0.322 e. The van der Waals surface area contributed by atoms with Crippen molar-refractivity contribution >= 4 is 24.0 Å². The molecule has 0 aliphatic carbocycles. The van der Waals surface area contributed by atoms with E-state index in [1.54, 1.807) is 0 Å². The zero-order valence-electron chi connectivity index (χ0n) is 13.1. The molecule has 3 N–H and O–H groups in total. The Balaban J connectivity index is 0.00000264. The maximum Gasteiger partial charge on any atom is 0.322 e. The maximum absolute atomic E-state index is 12.1. The first-order valence-electron chi connectivity index (χ1n) is 7.56. The second-order valence-corrected chi connectivity index (χ2v) is 5.25. The monoisotopic (exact) mass is 346 g/mol. The van der Waals surface area contributed by atoms with Crippen molar-refractivity contribution in [1.29, 1.82) is 0 Å². The van der Waals surface area contributed by atoms with Crippen LogP contribution in [-0.4, -0.2) is 65.2 Å². The Morgan fingerprint density at radius 2 is 2.13 bits per heavy atom. The van der Waals surface area contributed by atoms with E-state index in [2.05, 4.69) is 25.7 Å². The number of carbonyl (C=O) groups excluding carboxylic acids is 1. The van der Waals surface area contributed by atoms with E-state index in [-0.39, 0.29) is 23.8 Å². The minimum Gasteiger partial charge on any atom is -0.349 e. The van der Waals surface area contributed by atoms with Gasteiger partial charge in [-0.15, -0.1) is 12.4 Å². The van der Waals surface area contributed by atoms with Crippen LogP contribution in [0.3, 0.4) is 0 Å². The number of nitrogens with zero attached hydrogens (tertiary/aromatic N) is 3. The molecule has 0 bridgehead atoms. The van der Waals surface area contributed by atoms with Gasteiger partial charge in [-0.1, -0.05) is 13.3 Å². The Morgan fingerprint density at radius 3 is 2.74 bits per heavy atom. The Labute approximate surface area is 140 Å². The van der Waals surface area contributed by atoms with E-state index in [0.717, 1.165) is 39.1 Å². The highest BCUT2D eigenvalue weighted by atomic mass is 35.5. The normalized spacial score (nSPS) is 15.0. The van der Waals surface area contributed by atoms with E-state index in [9.17, 15) is 14.9 Å². The summed E-state index contributed by atoms with van der Waals surface area (Å²) >= 11 is 0. The lowest BCUT2D eigenvalue weighted by Crippen LogP contribution is -2.46. The first kappa shape index (κ1) is 19.3. The summed E-state index contributed by atoms with van der Waals surface area (Å²) in [7, 11) is 0. The topological polar surface area (TPSA) is 116 Å². The molecule has 0 spiro atoms. The van der Waals surface area contributed by atoms with E-state index < -0.39 is 10.8 Å². The highest BCUT2D eigenvalue weighted by Crippen LogP contribution is 2.22. The second-order valence-electron chi connectivity index (χ2n) is 5.25. The number of rotatable bonds is 7. The van der Waals surface area contributed by atoms with Gasteiger partial charge in [0.05, 0.1) is 4.92 Å². The molecule has 1 aliphatic heterocycles. The summed E-state index contributed by atoms with van der Waals surface area (Å²) in [6.07, 6.45) is 1.24. The summed E-state index contributed by atoms with van der Waals surface area (Å²) in [6, 6.07) is 0. The van der Waals surface area contributed by atoms with Crippen molar-refractivity contribution < 1.29 is 9.72 Å². The Kier molecular flexibility index (Phi) is 7.93. The molecule has 1 aromatic rings. The van der Waals surface area contributed by atoms with Crippen molar-refractivity contribution in [2.24, 2.45) is 0 Å². The van der Waals surface area contributed by atoms with Crippen LogP contribution in [0.1, 0.15) is 29.5 Å². The molecule has 0 unspecified atom stereocenters. The standard InChI is InChI=1S/C13H22N6O3.ClH/c1-2-3-10-12(19(21)22)11(17-16-10)13(20)15-6-9-18-7-4-14-5-8-18;/h14H,2-9H2,1H3,(H,15,20)(H,16,17);1H. The largest absolute Gasteiger partial charge is 0.349 e. The minimum atomic E-state index is -0.542. The van der Waals surface area contributed by atoms with Gasteiger partial charge >= 0.3 is 5.69 Å². The van der Waals surface area contributed by atoms with E-state index in [1.807, 2.05) is 6.92 Å². The molecule has 10 heteroatoms. The lowest BCUT2D eigenvalue weighted by Gasteiger charge is -2.26. The zero-order chi connectivity index (χ0) is 15.9. The van der Waals surface area contributed by atoms with Gasteiger partial charge < -0.3 is 10.6 Å². The Bertz CT molecular complexity index is 530. The molecular formula is C13H23ClN6O3. The van der Waals surface area contributed by atoms with Crippen molar-refractivity contribution in [2.75, 3.05) is 39.3 Å². The highest BCUT2D eigenvalue weighted by molar-refractivity contribution is 5.96. The number of H-pyrrole nitrogens is 1. The van der Waals surface area contributed by atoms with Gasteiger partial charge in [-0.3, -0.25) is 24.9 Å². The molecule has 2 rings (SSSR count). The van der Waals surface area contributed by atoms with Gasteiger partial charge in [-0.2, -0.15) is 5.10 Å². The van der Waals surface area contributed by atoms with Crippen LogP contribution in [0, 0.1) is 10.1 Å². The predicted octanol–water partition coefficient (Wildman–Crippen LogP) is 0.327. The molecule has 130 valence electrons. The first-order chi connectivity index (χ1) is 10.6. The highest BCUT2D eigenvalue weighted by Gasteiger charge is 2.28. The first-order valence-corrected chi connectivity index (χ1v) is 7.56. The summed E-state index contributed by atoms with van der Waals surface area (Å²) in [5, 5.41) is 23.5. The van der Waals surface area contributed by atoms with Crippen LogP contribution >= 0.6 is 12.4 Å². The average Bonchev–Trinajstić information content (AvgIpc) is 2.93. The van der Waals surface area contributed by atoms with Gasteiger partial charge in [-0.25, -0.2) is 0 Å². The van der Waals surface area contributed by atoms with Crippen molar-refractivity contribution in [1.82, 2.24) is 25.7 Å². The van der Waals surface area contributed by atoms with Gasteiger partial charge in [-0.05, 0) is 6.42 Å². The lowest BCUT2D eigenvalue weighted by molar-refractivity contribution is -0.385. The molecule has 2 heterocycles. The molecule has 0 radical (unpaired) electrons. The number of amides is 1. The zero-order valence-corrected chi connectivity index (χ0v) is 13.9. The number of aryl methyl sites for hydroxylation is 1. The van der Waals surface area contributed by atoms with Gasteiger partial charge in [0.15, 0.2) is 0 Å². The Hall–Kier alpha value is -1.71. The number of aromatic nitrogens is 2. The number of hydrogen-bond acceptors (Lipinski definition) is 6. The number of halogens is 1. The number of nitrogens with one attached hydrogen (secondary N) is 3. The Morgan fingerprint density at radius 1 is 1.43 bits per heavy atom. The molecular weight excluding hydrogens is 324 g/mol. The molecule has 1 saturated heterocycles. The molecule has 1 aliphatic rings. The van der Waals surface area contributed by atoms with E-state index in [4.69, 9.17) is 0 Å². The molecule has 23 heavy (non-hydrogen) atoms. The van der Waals surface area contributed by atoms with Crippen molar-refractivity contribution in [3.05, 3.63) is 21.5 Å². The number of aromatic amines is 1. The minimum absolute atomic E-state index is 0.